The third-order valence-electron chi connectivity index (χ3n) is 6.40. The van der Waals surface area contributed by atoms with Crippen molar-refractivity contribution in [2.24, 2.45) is 5.92 Å². The molecule has 0 aromatic rings. The third-order valence-corrected chi connectivity index (χ3v) is 6.40. The van der Waals surface area contributed by atoms with Gasteiger partial charge in [-0.05, 0) is 44.7 Å². The molecule has 5 rings (SSSR count). The van der Waals surface area contributed by atoms with Gasteiger partial charge in [-0.1, -0.05) is 19.3 Å². The first-order chi connectivity index (χ1) is 9.37. The van der Waals surface area contributed by atoms with Crippen molar-refractivity contribution in [3.8, 4) is 0 Å². The molecule has 1 aliphatic carbocycles. The smallest absolute Gasteiger partial charge is 0.0338 e. The van der Waals surface area contributed by atoms with E-state index in [9.17, 15) is 0 Å². The first-order valence-corrected chi connectivity index (χ1v) is 8.57. The Morgan fingerprint density at radius 3 is 2.42 bits per heavy atom. The highest BCUT2D eigenvalue weighted by Crippen LogP contribution is 2.40. The van der Waals surface area contributed by atoms with Crippen LogP contribution in [0, 0.1) is 5.92 Å². The Bertz CT molecular complexity index is 308. The Hall–Kier alpha value is -0.120. The SMILES string of the molecule is C1CCC2(CC1)CNCCN2C1CN2CCC1CC2. The van der Waals surface area contributed by atoms with Crippen LogP contribution < -0.4 is 5.32 Å². The van der Waals surface area contributed by atoms with Gasteiger partial charge in [0.2, 0.25) is 0 Å². The van der Waals surface area contributed by atoms with Crippen LogP contribution in [0.15, 0.2) is 0 Å². The molecule has 19 heavy (non-hydrogen) atoms. The molecule has 5 aliphatic rings. The van der Waals surface area contributed by atoms with E-state index in [0.717, 1.165) is 12.0 Å². The lowest BCUT2D eigenvalue weighted by atomic mass is 9.74. The van der Waals surface area contributed by atoms with Crippen molar-refractivity contribution in [1.82, 2.24) is 15.1 Å². The Morgan fingerprint density at radius 2 is 1.74 bits per heavy atom. The second-order valence-electron chi connectivity index (χ2n) is 7.36. The van der Waals surface area contributed by atoms with E-state index in [-0.39, 0.29) is 0 Å². The molecule has 1 unspecified atom stereocenters. The van der Waals surface area contributed by atoms with Crippen LogP contribution in [0.3, 0.4) is 0 Å². The molecule has 3 nitrogen and oxygen atoms in total. The second-order valence-corrected chi connectivity index (χ2v) is 7.36. The van der Waals surface area contributed by atoms with Crippen LogP contribution in [0.5, 0.6) is 0 Å². The summed E-state index contributed by atoms with van der Waals surface area (Å²) in [4.78, 5) is 5.71. The molecule has 0 aromatic carbocycles. The zero-order chi connectivity index (χ0) is 12.7. The van der Waals surface area contributed by atoms with Gasteiger partial charge >= 0.3 is 0 Å². The molecule has 0 radical (unpaired) electrons. The highest BCUT2D eigenvalue weighted by atomic mass is 15.3. The number of nitrogens with zero attached hydrogens (tertiary/aromatic N) is 2. The summed E-state index contributed by atoms with van der Waals surface area (Å²) in [6.45, 7) is 7.89. The molecule has 5 fully saturated rings. The van der Waals surface area contributed by atoms with Crippen molar-refractivity contribution in [3.63, 3.8) is 0 Å². The van der Waals surface area contributed by atoms with Crippen LogP contribution in [0.4, 0.5) is 0 Å². The van der Waals surface area contributed by atoms with E-state index in [4.69, 9.17) is 0 Å². The lowest BCUT2D eigenvalue weighted by Gasteiger charge is -2.58. The Balaban J connectivity index is 1.57. The van der Waals surface area contributed by atoms with Crippen LogP contribution >= 0.6 is 0 Å². The molecule has 1 spiro atoms. The zero-order valence-corrected chi connectivity index (χ0v) is 12.2. The van der Waals surface area contributed by atoms with Gasteiger partial charge in [-0.25, -0.2) is 0 Å². The van der Waals surface area contributed by atoms with Crippen molar-refractivity contribution < 1.29 is 0 Å². The molecule has 1 atom stereocenters. The molecule has 4 saturated heterocycles. The summed E-state index contributed by atoms with van der Waals surface area (Å²) in [6.07, 6.45) is 10.2. The molecule has 0 aromatic heterocycles. The standard InChI is InChI=1S/C16H29N3/c1-2-6-16(7-3-1)13-17-8-11-19(16)15-12-18-9-4-14(15)5-10-18/h14-15,17H,1-13H2. The van der Waals surface area contributed by atoms with E-state index in [2.05, 4.69) is 15.1 Å². The molecule has 1 N–H and O–H groups in total. The zero-order valence-electron chi connectivity index (χ0n) is 12.2. The van der Waals surface area contributed by atoms with Crippen molar-refractivity contribution in [2.45, 2.75) is 56.5 Å². The molecular formula is C16H29N3. The van der Waals surface area contributed by atoms with Crippen LogP contribution in [0.1, 0.15) is 44.9 Å². The average molecular weight is 263 g/mol. The van der Waals surface area contributed by atoms with Gasteiger partial charge in [0, 0.05) is 37.8 Å². The van der Waals surface area contributed by atoms with Gasteiger partial charge in [0.15, 0.2) is 0 Å². The number of piperazine rings is 1. The minimum atomic E-state index is 0.528. The maximum Gasteiger partial charge on any atom is 0.0338 e. The number of hydrogen-bond acceptors (Lipinski definition) is 3. The fourth-order valence-electron chi connectivity index (χ4n) is 5.34. The highest BCUT2D eigenvalue weighted by Gasteiger charge is 2.47. The predicted octanol–water partition coefficient (Wildman–Crippen LogP) is 1.69. The van der Waals surface area contributed by atoms with Crippen molar-refractivity contribution in [2.75, 3.05) is 39.3 Å². The summed E-state index contributed by atoms with van der Waals surface area (Å²) < 4.78 is 0. The molecule has 108 valence electrons. The van der Waals surface area contributed by atoms with Crippen LogP contribution in [-0.4, -0.2) is 60.6 Å². The molecular weight excluding hydrogens is 234 g/mol. The average Bonchev–Trinajstić information content (AvgIpc) is 2.50. The lowest BCUT2D eigenvalue weighted by molar-refractivity contribution is -0.0739. The maximum absolute atomic E-state index is 3.70. The van der Waals surface area contributed by atoms with Gasteiger partial charge in [0.05, 0.1) is 0 Å². The first-order valence-electron chi connectivity index (χ1n) is 8.57. The number of nitrogens with one attached hydrogen (secondary N) is 1. The highest BCUT2D eigenvalue weighted by molar-refractivity contribution is 5.04. The van der Waals surface area contributed by atoms with Crippen molar-refractivity contribution in [3.05, 3.63) is 0 Å². The van der Waals surface area contributed by atoms with Crippen LogP contribution in [-0.2, 0) is 0 Å². The van der Waals surface area contributed by atoms with E-state index in [1.54, 1.807) is 0 Å². The summed E-state index contributed by atoms with van der Waals surface area (Å²) in [7, 11) is 0. The van der Waals surface area contributed by atoms with E-state index < -0.39 is 0 Å². The van der Waals surface area contributed by atoms with E-state index in [1.165, 1.54) is 84.2 Å². The third kappa shape index (κ3) is 2.14. The summed E-state index contributed by atoms with van der Waals surface area (Å²) in [5.41, 5.74) is 0.528. The minimum Gasteiger partial charge on any atom is -0.314 e. The Morgan fingerprint density at radius 1 is 0.947 bits per heavy atom. The monoisotopic (exact) mass is 263 g/mol. The summed E-state index contributed by atoms with van der Waals surface area (Å²) >= 11 is 0. The summed E-state index contributed by atoms with van der Waals surface area (Å²) in [5, 5.41) is 3.70. The van der Waals surface area contributed by atoms with Gasteiger partial charge < -0.3 is 10.2 Å². The Kier molecular flexibility index (Phi) is 3.33. The van der Waals surface area contributed by atoms with E-state index >= 15 is 0 Å². The van der Waals surface area contributed by atoms with Crippen LogP contribution in [0.2, 0.25) is 0 Å². The largest absolute Gasteiger partial charge is 0.314 e. The van der Waals surface area contributed by atoms with E-state index in [0.29, 0.717) is 5.54 Å². The van der Waals surface area contributed by atoms with Crippen LogP contribution in [0.25, 0.3) is 0 Å². The Labute approximate surface area is 117 Å². The van der Waals surface area contributed by atoms with Gasteiger partial charge in [0.1, 0.15) is 0 Å². The van der Waals surface area contributed by atoms with Gasteiger partial charge in [-0.3, -0.25) is 4.90 Å². The fourth-order valence-corrected chi connectivity index (χ4v) is 5.34. The molecule has 0 amide bonds. The van der Waals surface area contributed by atoms with Gasteiger partial charge in [-0.15, -0.1) is 0 Å². The summed E-state index contributed by atoms with van der Waals surface area (Å²) in [5.74, 6) is 1.00. The quantitative estimate of drug-likeness (QED) is 0.777. The normalized spacial score (nSPS) is 42.6. The minimum absolute atomic E-state index is 0.528. The second kappa shape index (κ2) is 5.01. The van der Waals surface area contributed by atoms with E-state index in [1.807, 2.05) is 0 Å². The fraction of sp³-hybridized carbons (Fsp3) is 1.00. The first kappa shape index (κ1) is 12.6. The van der Waals surface area contributed by atoms with Gasteiger partial charge in [-0.2, -0.15) is 0 Å². The maximum atomic E-state index is 3.70. The predicted molar refractivity (Wildman–Crippen MR) is 78.3 cm³/mol. The molecule has 4 aliphatic heterocycles. The number of piperidine rings is 3. The van der Waals surface area contributed by atoms with Gasteiger partial charge in [0.25, 0.3) is 0 Å². The molecule has 2 bridgehead atoms. The number of fused-ring (bicyclic) bond motifs is 3. The molecule has 4 heterocycles. The van der Waals surface area contributed by atoms with Crippen molar-refractivity contribution >= 4 is 0 Å². The number of rotatable bonds is 1. The number of hydrogen-bond donors (Lipinski definition) is 1. The van der Waals surface area contributed by atoms with Crippen molar-refractivity contribution in [1.29, 1.82) is 0 Å². The topological polar surface area (TPSA) is 18.5 Å². The molecule has 3 heteroatoms. The lowest BCUT2D eigenvalue weighted by Crippen LogP contribution is -2.69. The summed E-state index contributed by atoms with van der Waals surface area (Å²) in [6, 6.07) is 0.877. The molecule has 1 saturated carbocycles.